The summed E-state index contributed by atoms with van der Waals surface area (Å²) >= 11 is 2.16. The van der Waals surface area contributed by atoms with Crippen molar-refractivity contribution in [3.05, 3.63) is 109 Å². The standard InChI is InChI=1S/C31H25IN2O5/c1-4-38-31(36)25-17(2)34-28-21-11-7-8-12-22(21)29(35)27(28)26(25)20-13-23(32)30(24(14-20)37-3)39-16-19-10-6-5-9-18(19)15-33/h5-14,26,34H,4,16H2,1-3H3/t26-/m1/s1. The minimum atomic E-state index is -0.670. The molecule has 0 radical (unpaired) electrons. The van der Waals surface area contributed by atoms with E-state index in [1.165, 1.54) is 0 Å². The number of nitriles is 1. The molecule has 0 saturated heterocycles. The summed E-state index contributed by atoms with van der Waals surface area (Å²) in [6.45, 7) is 3.96. The molecule has 1 aliphatic heterocycles. The van der Waals surface area contributed by atoms with E-state index in [0.29, 0.717) is 50.7 Å². The van der Waals surface area contributed by atoms with Crippen LogP contribution in [0.1, 0.15) is 52.4 Å². The van der Waals surface area contributed by atoms with Crippen molar-refractivity contribution in [2.75, 3.05) is 13.7 Å². The number of hydrogen-bond acceptors (Lipinski definition) is 7. The van der Waals surface area contributed by atoms with Gasteiger partial charge < -0.3 is 19.5 Å². The third-order valence-electron chi connectivity index (χ3n) is 6.84. The van der Waals surface area contributed by atoms with E-state index >= 15 is 0 Å². The summed E-state index contributed by atoms with van der Waals surface area (Å²) in [6.07, 6.45) is 0. The number of nitrogens with zero attached hydrogens (tertiary/aromatic N) is 1. The molecule has 5 rings (SSSR count). The fourth-order valence-corrected chi connectivity index (χ4v) is 5.87. The van der Waals surface area contributed by atoms with E-state index in [9.17, 15) is 14.9 Å². The summed E-state index contributed by atoms with van der Waals surface area (Å²) in [5.74, 6) is -0.316. The van der Waals surface area contributed by atoms with Crippen molar-refractivity contribution in [2.24, 2.45) is 0 Å². The molecule has 0 fully saturated rings. The quantitative estimate of drug-likeness (QED) is 0.257. The summed E-state index contributed by atoms with van der Waals surface area (Å²) in [6, 6.07) is 20.6. The number of ketones is 1. The Morgan fingerprint density at radius 3 is 2.54 bits per heavy atom. The van der Waals surface area contributed by atoms with Gasteiger partial charge in [-0.1, -0.05) is 42.5 Å². The summed E-state index contributed by atoms with van der Waals surface area (Å²) in [5, 5.41) is 12.7. The Kier molecular flexibility index (Phi) is 7.44. The molecule has 0 bridgehead atoms. The largest absolute Gasteiger partial charge is 0.493 e. The highest BCUT2D eigenvalue weighted by Crippen LogP contribution is 2.48. The number of fused-ring (bicyclic) bond motifs is 2. The van der Waals surface area contributed by atoms with Crippen LogP contribution in [0.15, 0.2) is 77.5 Å². The first-order valence-corrected chi connectivity index (χ1v) is 13.5. The van der Waals surface area contributed by atoms with Crippen molar-refractivity contribution in [3.8, 4) is 17.6 Å². The van der Waals surface area contributed by atoms with Gasteiger partial charge in [0.1, 0.15) is 6.61 Å². The number of dihydropyridines is 1. The first-order chi connectivity index (χ1) is 18.9. The molecule has 0 amide bonds. The molecule has 2 aliphatic rings. The molecule has 0 saturated carbocycles. The number of carbonyl (C=O) groups is 2. The fourth-order valence-electron chi connectivity index (χ4n) is 5.09. The molecule has 196 valence electrons. The second kappa shape index (κ2) is 10.9. The van der Waals surface area contributed by atoms with E-state index in [1.807, 2.05) is 49.4 Å². The Morgan fingerprint density at radius 2 is 1.82 bits per heavy atom. The van der Waals surface area contributed by atoms with E-state index in [-0.39, 0.29) is 19.0 Å². The van der Waals surface area contributed by atoms with Gasteiger partial charge in [-0.3, -0.25) is 4.79 Å². The Hall–Kier alpha value is -4.10. The number of carbonyl (C=O) groups excluding carboxylic acids is 2. The van der Waals surface area contributed by atoms with Crippen LogP contribution >= 0.6 is 22.6 Å². The van der Waals surface area contributed by atoms with Crippen molar-refractivity contribution < 1.29 is 23.8 Å². The SMILES string of the molecule is CCOC(=O)C1=C(C)NC2=C(C(=O)c3ccccc32)[C@@H]1c1cc(I)c(OCc2ccccc2C#N)c(OC)c1. The zero-order valence-electron chi connectivity index (χ0n) is 21.6. The van der Waals surface area contributed by atoms with Gasteiger partial charge in [0, 0.05) is 33.9 Å². The van der Waals surface area contributed by atoms with Gasteiger partial charge in [-0.25, -0.2) is 4.79 Å². The number of hydrogen-bond donors (Lipinski definition) is 1. The van der Waals surface area contributed by atoms with Crippen LogP contribution in [0, 0.1) is 14.9 Å². The maximum Gasteiger partial charge on any atom is 0.336 e. The van der Waals surface area contributed by atoms with Crippen molar-refractivity contribution >= 4 is 40.0 Å². The van der Waals surface area contributed by atoms with E-state index in [0.717, 1.165) is 14.7 Å². The Morgan fingerprint density at radius 1 is 1.10 bits per heavy atom. The van der Waals surface area contributed by atoms with Gasteiger partial charge in [-0.15, -0.1) is 0 Å². The highest BCUT2D eigenvalue weighted by atomic mass is 127. The van der Waals surface area contributed by atoms with Crippen LogP contribution in [-0.2, 0) is 16.1 Å². The molecule has 3 aromatic rings. The lowest BCUT2D eigenvalue weighted by Crippen LogP contribution is -2.29. The molecule has 1 aliphatic carbocycles. The second-order valence-electron chi connectivity index (χ2n) is 9.07. The van der Waals surface area contributed by atoms with Gasteiger partial charge in [0.2, 0.25) is 0 Å². The summed E-state index contributed by atoms with van der Waals surface area (Å²) in [7, 11) is 1.54. The third kappa shape index (κ3) is 4.68. The fraction of sp³-hybridized carbons (Fsp3) is 0.194. The lowest BCUT2D eigenvalue weighted by atomic mass is 9.79. The molecule has 1 N–H and O–H groups in total. The van der Waals surface area contributed by atoms with E-state index in [1.54, 1.807) is 32.2 Å². The van der Waals surface area contributed by atoms with E-state index in [2.05, 4.69) is 34.0 Å². The molecule has 8 heteroatoms. The molecule has 39 heavy (non-hydrogen) atoms. The number of allylic oxidation sites excluding steroid dienone is 2. The molecule has 7 nitrogen and oxygen atoms in total. The number of nitrogens with one attached hydrogen (secondary N) is 1. The van der Waals surface area contributed by atoms with Gasteiger partial charge in [-0.2, -0.15) is 5.26 Å². The minimum absolute atomic E-state index is 0.130. The number of benzene rings is 3. The monoisotopic (exact) mass is 632 g/mol. The molecular formula is C31H25IN2O5. The lowest BCUT2D eigenvalue weighted by molar-refractivity contribution is -0.138. The van der Waals surface area contributed by atoms with E-state index < -0.39 is 11.9 Å². The van der Waals surface area contributed by atoms with Crippen LogP contribution in [0.2, 0.25) is 0 Å². The topological polar surface area (TPSA) is 97.6 Å². The predicted octanol–water partition coefficient (Wildman–Crippen LogP) is 5.88. The Bertz CT molecular complexity index is 1620. The van der Waals surface area contributed by atoms with Crippen LogP contribution in [0.25, 0.3) is 5.70 Å². The van der Waals surface area contributed by atoms with E-state index in [4.69, 9.17) is 14.2 Å². The number of esters is 1. The maximum absolute atomic E-state index is 13.7. The first kappa shape index (κ1) is 26.5. The highest BCUT2D eigenvalue weighted by Gasteiger charge is 2.43. The normalized spacial score (nSPS) is 15.8. The highest BCUT2D eigenvalue weighted by molar-refractivity contribution is 14.1. The zero-order chi connectivity index (χ0) is 27.7. The van der Waals surface area contributed by atoms with Gasteiger partial charge in [0.05, 0.1) is 40.2 Å². The third-order valence-corrected chi connectivity index (χ3v) is 7.64. The number of rotatable bonds is 7. The molecular weight excluding hydrogens is 607 g/mol. The van der Waals surface area contributed by atoms with Crippen LogP contribution in [0.5, 0.6) is 11.5 Å². The smallest absolute Gasteiger partial charge is 0.336 e. The number of ether oxygens (including phenoxy) is 3. The van der Waals surface area contributed by atoms with Gasteiger partial charge >= 0.3 is 5.97 Å². The van der Waals surface area contributed by atoms with Gasteiger partial charge in [0.15, 0.2) is 17.3 Å². The predicted molar refractivity (Wildman–Crippen MR) is 154 cm³/mol. The number of Topliss-reactive ketones (excluding diaryl/α,β-unsaturated/α-hetero) is 1. The summed E-state index contributed by atoms with van der Waals surface area (Å²) < 4.78 is 18.0. The van der Waals surface area contributed by atoms with Crippen molar-refractivity contribution in [1.29, 1.82) is 5.26 Å². The minimum Gasteiger partial charge on any atom is -0.493 e. The molecule has 1 atom stereocenters. The summed E-state index contributed by atoms with van der Waals surface area (Å²) in [4.78, 5) is 27.0. The Labute approximate surface area is 240 Å². The van der Waals surface area contributed by atoms with Crippen molar-refractivity contribution in [2.45, 2.75) is 26.4 Å². The maximum atomic E-state index is 13.7. The number of methoxy groups -OCH3 is 1. The van der Waals surface area contributed by atoms with Crippen molar-refractivity contribution in [1.82, 2.24) is 5.32 Å². The average molecular weight is 632 g/mol. The van der Waals surface area contributed by atoms with Crippen molar-refractivity contribution in [3.63, 3.8) is 0 Å². The van der Waals surface area contributed by atoms with Crippen LogP contribution in [-0.4, -0.2) is 25.5 Å². The molecule has 0 spiro atoms. The van der Waals surface area contributed by atoms with Crippen LogP contribution in [0.3, 0.4) is 0 Å². The second-order valence-corrected chi connectivity index (χ2v) is 10.2. The first-order valence-electron chi connectivity index (χ1n) is 12.4. The van der Waals surface area contributed by atoms with Crippen LogP contribution in [0.4, 0.5) is 0 Å². The molecule has 0 unspecified atom stereocenters. The van der Waals surface area contributed by atoms with Gasteiger partial charge in [-0.05, 0) is 60.2 Å². The summed E-state index contributed by atoms with van der Waals surface area (Å²) in [5.41, 5.74) is 5.61. The molecule has 3 aromatic carbocycles. The molecule has 1 heterocycles. The number of halogens is 1. The molecule has 0 aromatic heterocycles. The van der Waals surface area contributed by atoms with Gasteiger partial charge in [0.25, 0.3) is 0 Å². The Balaban J connectivity index is 1.61. The zero-order valence-corrected chi connectivity index (χ0v) is 23.8. The van der Waals surface area contributed by atoms with Crippen LogP contribution < -0.4 is 14.8 Å². The lowest BCUT2D eigenvalue weighted by Gasteiger charge is -2.30. The average Bonchev–Trinajstić information content (AvgIpc) is 3.22.